The maximum absolute atomic E-state index is 11.5. The van der Waals surface area contributed by atoms with Gasteiger partial charge in [0.15, 0.2) is 5.11 Å². The summed E-state index contributed by atoms with van der Waals surface area (Å²) in [6, 6.07) is 7.82. The Kier molecular flexibility index (Phi) is 4.66. The second kappa shape index (κ2) is 6.71. The van der Waals surface area contributed by atoms with Crippen LogP contribution in [0.15, 0.2) is 33.5 Å². The normalized spacial score (nSPS) is 18.2. The molecule has 2 heterocycles. The van der Waals surface area contributed by atoms with Gasteiger partial charge in [-0.1, -0.05) is 6.92 Å². The Balaban J connectivity index is 1.83. The molecule has 1 atom stereocenters. The zero-order valence-electron chi connectivity index (χ0n) is 13.6. The molecule has 1 N–H and O–H groups in total. The summed E-state index contributed by atoms with van der Waals surface area (Å²) in [5.41, 5.74) is 2.05. The zero-order valence-corrected chi connectivity index (χ0v) is 14.4. The lowest BCUT2D eigenvalue weighted by molar-refractivity contribution is 0.239. The molecule has 3 rings (SSSR count). The fourth-order valence-electron chi connectivity index (χ4n) is 3.29. The quantitative estimate of drug-likeness (QED) is 0.664. The van der Waals surface area contributed by atoms with Crippen LogP contribution < -0.4 is 10.9 Å². The highest BCUT2D eigenvalue weighted by Crippen LogP contribution is 2.23. The van der Waals surface area contributed by atoms with Crippen molar-refractivity contribution in [1.82, 2.24) is 4.90 Å². The molecule has 122 valence electrons. The summed E-state index contributed by atoms with van der Waals surface area (Å²) in [6.45, 7) is 5.13. The van der Waals surface area contributed by atoms with E-state index in [0.29, 0.717) is 11.6 Å². The molecule has 0 bridgehead atoms. The van der Waals surface area contributed by atoms with Crippen LogP contribution in [0.2, 0.25) is 0 Å². The Morgan fingerprint density at radius 2 is 2.22 bits per heavy atom. The van der Waals surface area contributed by atoms with E-state index in [0.717, 1.165) is 34.7 Å². The van der Waals surface area contributed by atoms with Crippen molar-refractivity contribution in [2.24, 2.45) is 0 Å². The largest absolute Gasteiger partial charge is 0.423 e. The maximum atomic E-state index is 11.5. The summed E-state index contributed by atoms with van der Waals surface area (Å²) in [4.78, 5) is 13.8. The van der Waals surface area contributed by atoms with Crippen LogP contribution in [0.3, 0.4) is 0 Å². The van der Waals surface area contributed by atoms with Crippen molar-refractivity contribution in [2.75, 3.05) is 11.9 Å². The minimum atomic E-state index is -0.322. The number of rotatable bonds is 2. The van der Waals surface area contributed by atoms with Crippen molar-refractivity contribution in [3.05, 3.63) is 40.2 Å². The zero-order chi connectivity index (χ0) is 16.4. The highest BCUT2D eigenvalue weighted by Gasteiger charge is 2.22. The molecule has 1 aromatic carbocycles. The molecule has 1 aliphatic rings. The number of hydrogen-bond donors (Lipinski definition) is 1. The van der Waals surface area contributed by atoms with Crippen LogP contribution in [0.1, 0.15) is 38.2 Å². The summed E-state index contributed by atoms with van der Waals surface area (Å²) in [5, 5.41) is 5.01. The summed E-state index contributed by atoms with van der Waals surface area (Å²) in [6.07, 6.45) is 4.76. The Hall–Kier alpha value is -1.88. The first kappa shape index (κ1) is 16.0. The van der Waals surface area contributed by atoms with Gasteiger partial charge in [0.1, 0.15) is 5.58 Å². The van der Waals surface area contributed by atoms with E-state index in [2.05, 4.69) is 17.1 Å². The lowest BCUT2D eigenvalue weighted by Crippen LogP contribution is -2.45. The molecule has 0 unspecified atom stereocenters. The van der Waals surface area contributed by atoms with E-state index >= 15 is 0 Å². The molecule has 1 fully saturated rings. The van der Waals surface area contributed by atoms with Crippen molar-refractivity contribution in [3.63, 3.8) is 0 Å². The molecule has 5 heteroatoms. The third kappa shape index (κ3) is 3.39. The lowest BCUT2D eigenvalue weighted by Gasteiger charge is -2.37. The maximum Gasteiger partial charge on any atom is 0.336 e. The average molecular weight is 330 g/mol. The van der Waals surface area contributed by atoms with Gasteiger partial charge < -0.3 is 14.6 Å². The van der Waals surface area contributed by atoms with E-state index in [4.69, 9.17) is 16.6 Å². The van der Waals surface area contributed by atoms with Gasteiger partial charge in [-0.2, -0.15) is 0 Å². The van der Waals surface area contributed by atoms with Gasteiger partial charge >= 0.3 is 5.63 Å². The number of nitrogens with one attached hydrogen (secondary N) is 1. The van der Waals surface area contributed by atoms with Gasteiger partial charge in [0.2, 0.25) is 0 Å². The third-order valence-corrected chi connectivity index (χ3v) is 4.90. The van der Waals surface area contributed by atoms with E-state index < -0.39 is 0 Å². The smallest absolute Gasteiger partial charge is 0.336 e. The fraction of sp³-hybridized carbons (Fsp3) is 0.444. The van der Waals surface area contributed by atoms with Crippen molar-refractivity contribution in [2.45, 2.75) is 45.6 Å². The Bertz CT molecular complexity index is 784. The summed E-state index contributed by atoms with van der Waals surface area (Å²) < 4.78 is 5.30. The average Bonchev–Trinajstić information content (AvgIpc) is 2.54. The number of thiocarbonyl (C=S) groups is 1. The second-order valence-electron chi connectivity index (χ2n) is 6.14. The molecule has 1 aromatic heterocycles. The number of hydrogen-bond acceptors (Lipinski definition) is 3. The van der Waals surface area contributed by atoms with E-state index in [1.54, 1.807) is 0 Å². The van der Waals surface area contributed by atoms with Crippen LogP contribution >= 0.6 is 12.2 Å². The Morgan fingerprint density at radius 1 is 1.39 bits per heavy atom. The van der Waals surface area contributed by atoms with Crippen molar-refractivity contribution in [3.8, 4) is 0 Å². The van der Waals surface area contributed by atoms with Crippen LogP contribution in [-0.2, 0) is 0 Å². The molecule has 4 nitrogen and oxygen atoms in total. The molecular formula is C18H22N2O2S. The van der Waals surface area contributed by atoms with Crippen LogP contribution in [0.5, 0.6) is 0 Å². The number of nitrogens with zero attached hydrogens (tertiary/aromatic N) is 1. The molecule has 23 heavy (non-hydrogen) atoms. The van der Waals surface area contributed by atoms with Gasteiger partial charge in [0.25, 0.3) is 0 Å². The summed E-state index contributed by atoms with van der Waals surface area (Å²) >= 11 is 5.60. The fourth-order valence-corrected chi connectivity index (χ4v) is 3.65. The van der Waals surface area contributed by atoms with Gasteiger partial charge in [0.05, 0.1) is 0 Å². The van der Waals surface area contributed by atoms with E-state index in [9.17, 15) is 4.79 Å². The SMILES string of the molecule is CC[C@H]1CCCCN1C(=S)Nc1ccc2c(C)cc(=O)oc2c1. The first-order valence-corrected chi connectivity index (χ1v) is 8.61. The van der Waals surface area contributed by atoms with Crippen molar-refractivity contribution >= 4 is 34.0 Å². The molecule has 0 amide bonds. The summed E-state index contributed by atoms with van der Waals surface area (Å²) in [7, 11) is 0. The number of benzene rings is 1. The predicted octanol–water partition coefficient (Wildman–Crippen LogP) is 4.06. The van der Waals surface area contributed by atoms with Gasteiger partial charge in [-0.25, -0.2) is 4.79 Å². The number of fused-ring (bicyclic) bond motifs is 1. The highest BCUT2D eigenvalue weighted by atomic mass is 32.1. The first-order chi connectivity index (χ1) is 11.1. The number of aryl methyl sites for hydroxylation is 1. The molecule has 2 aromatic rings. The van der Waals surface area contributed by atoms with Crippen LogP contribution in [-0.4, -0.2) is 22.6 Å². The topological polar surface area (TPSA) is 45.5 Å². The first-order valence-electron chi connectivity index (χ1n) is 8.20. The highest BCUT2D eigenvalue weighted by molar-refractivity contribution is 7.80. The molecule has 1 aliphatic heterocycles. The van der Waals surface area contributed by atoms with Gasteiger partial charge in [0, 0.05) is 35.8 Å². The molecule has 0 spiro atoms. The third-order valence-electron chi connectivity index (χ3n) is 4.56. The molecule has 0 saturated carbocycles. The standard InChI is InChI=1S/C18H22N2O2S/c1-3-14-6-4-5-9-20(14)18(23)19-13-7-8-15-12(2)10-17(21)22-16(15)11-13/h7-8,10-11,14H,3-6,9H2,1-2H3,(H,19,23)/t14-/m0/s1. The minimum absolute atomic E-state index is 0.322. The Labute approximate surface area is 141 Å². The van der Waals surface area contributed by atoms with E-state index in [-0.39, 0.29) is 5.63 Å². The van der Waals surface area contributed by atoms with Gasteiger partial charge in [-0.05, 0) is 62.5 Å². The lowest BCUT2D eigenvalue weighted by atomic mass is 10.0. The van der Waals surface area contributed by atoms with Crippen LogP contribution in [0.25, 0.3) is 11.0 Å². The number of anilines is 1. The molecule has 0 aliphatic carbocycles. The van der Waals surface area contributed by atoms with Gasteiger partial charge in [-0.15, -0.1) is 0 Å². The van der Waals surface area contributed by atoms with E-state index in [1.807, 2.05) is 25.1 Å². The molecule has 0 radical (unpaired) electrons. The number of likely N-dealkylation sites (tertiary alicyclic amines) is 1. The molecule has 1 saturated heterocycles. The van der Waals surface area contributed by atoms with E-state index in [1.165, 1.54) is 25.3 Å². The van der Waals surface area contributed by atoms with Crippen molar-refractivity contribution in [1.29, 1.82) is 0 Å². The molecular weight excluding hydrogens is 308 g/mol. The second-order valence-corrected chi connectivity index (χ2v) is 6.53. The van der Waals surface area contributed by atoms with Crippen molar-refractivity contribution < 1.29 is 4.42 Å². The monoisotopic (exact) mass is 330 g/mol. The van der Waals surface area contributed by atoms with Crippen LogP contribution in [0, 0.1) is 6.92 Å². The number of piperidine rings is 1. The van der Waals surface area contributed by atoms with Crippen LogP contribution in [0.4, 0.5) is 5.69 Å². The predicted molar refractivity (Wildman–Crippen MR) is 98.1 cm³/mol. The van der Waals surface area contributed by atoms with Gasteiger partial charge in [-0.3, -0.25) is 0 Å². The minimum Gasteiger partial charge on any atom is -0.423 e. The summed E-state index contributed by atoms with van der Waals surface area (Å²) in [5.74, 6) is 0. The Morgan fingerprint density at radius 3 is 3.00 bits per heavy atom.